The molecular formula is C19H37N3O2. The predicted octanol–water partition coefficient (Wildman–Crippen LogP) is 3.10. The van der Waals surface area contributed by atoms with Gasteiger partial charge in [0.05, 0.1) is 6.10 Å². The highest BCUT2D eigenvalue weighted by Gasteiger charge is 2.20. The number of rotatable bonds is 8. The molecule has 0 atom stereocenters. The van der Waals surface area contributed by atoms with Crippen molar-refractivity contribution in [3.63, 3.8) is 0 Å². The summed E-state index contributed by atoms with van der Waals surface area (Å²) < 4.78 is 11.3. The van der Waals surface area contributed by atoms with Crippen LogP contribution in [-0.4, -0.2) is 51.0 Å². The van der Waals surface area contributed by atoms with E-state index in [0.717, 1.165) is 64.1 Å². The standard InChI is InChI=1S/C19H37N3O2/c1-3-16-6-8-17(9-7-16)22-19(20-4-2)21-12-5-13-24-18-10-14-23-15-11-18/h16-18H,3-15H2,1-2H3,(H2,20,21,22). The second-order valence-corrected chi connectivity index (χ2v) is 7.07. The molecule has 1 aliphatic carbocycles. The van der Waals surface area contributed by atoms with Crippen molar-refractivity contribution >= 4 is 5.96 Å². The Hall–Kier alpha value is -0.810. The lowest BCUT2D eigenvalue weighted by Crippen LogP contribution is -2.45. The molecule has 2 N–H and O–H groups in total. The van der Waals surface area contributed by atoms with Gasteiger partial charge in [0.25, 0.3) is 0 Å². The molecule has 0 unspecified atom stereocenters. The summed E-state index contributed by atoms with van der Waals surface area (Å²) >= 11 is 0. The smallest absolute Gasteiger partial charge is 0.191 e. The maximum absolute atomic E-state index is 5.91. The molecule has 2 rings (SSSR count). The quantitative estimate of drug-likeness (QED) is 0.405. The molecule has 0 radical (unpaired) electrons. The van der Waals surface area contributed by atoms with E-state index < -0.39 is 0 Å². The third-order valence-electron chi connectivity index (χ3n) is 5.20. The fourth-order valence-electron chi connectivity index (χ4n) is 3.58. The molecule has 5 nitrogen and oxygen atoms in total. The van der Waals surface area contributed by atoms with Crippen molar-refractivity contribution in [3.8, 4) is 0 Å². The van der Waals surface area contributed by atoms with Crippen LogP contribution in [0.15, 0.2) is 4.99 Å². The van der Waals surface area contributed by atoms with Crippen LogP contribution in [0, 0.1) is 5.92 Å². The third kappa shape index (κ3) is 7.39. The van der Waals surface area contributed by atoms with E-state index in [2.05, 4.69) is 24.5 Å². The molecule has 2 aliphatic rings. The molecule has 0 aromatic carbocycles. The van der Waals surface area contributed by atoms with Crippen LogP contribution in [0.25, 0.3) is 0 Å². The van der Waals surface area contributed by atoms with Gasteiger partial charge in [-0.15, -0.1) is 0 Å². The minimum Gasteiger partial charge on any atom is -0.381 e. The lowest BCUT2D eigenvalue weighted by Gasteiger charge is -2.29. The van der Waals surface area contributed by atoms with Gasteiger partial charge >= 0.3 is 0 Å². The van der Waals surface area contributed by atoms with Crippen molar-refractivity contribution in [2.24, 2.45) is 10.9 Å². The fraction of sp³-hybridized carbons (Fsp3) is 0.947. The summed E-state index contributed by atoms with van der Waals surface area (Å²) in [5.74, 6) is 1.91. The molecule has 5 heteroatoms. The summed E-state index contributed by atoms with van der Waals surface area (Å²) in [4.78, 5) is 4.72. The first-order chi connectivity index (χ1) is 11.8. The van der Waals surface area contributed by atoms with Crippen molar-refractivity contribution in [2.75, 3.05) is 32.9 Å². The Morgan fingerprint density at radius 1 is 1.08 bits per heavy atom. The lowest BCUT2D eigenvalue weighted by atomic mass is 9.84. The molecule has 1 saturated heterocycles. The van der Waals surface area contributed by atoms with E-state index in [9.17, 15) is 0 Å². The summed E-state index contributed by atoms with van der Waals surface area (Å²) in [7, 11) is 0. The zero-order chi connectivity index (χ0) is 17.0. The van der Waals surface area contributed by atoms with E-state index in [0.29, 0.717) is 12.1 Å². The first-order valence-electron chi connectivity index (χ1n) is 10.1. The number of nitrogens with one attached hydrogen (secondary N) is 2. The SMILES string of the molecule is CCNC(=NCCCOC1CCOCC1)NC1CCC(CC)CC1. The first kappa shape index (κ1) is 19.5. The molecule has 0 spiro atoms. The molecule has 0 aromatic rings. The first-order valence-corrected chi connectivity index (χ1v) is 10.1. The van der Waals surface area contributed by atoms with Crippen molar-refractivity contribution in [3.05, 3.63) is 0 Å². The molecule has 24 heavy (non-hydrogen) atoms. The Labute approximate surface area is 148 Å². The van der Waals surface area contributed by atoms with Gasteiger partial charge in [0, 0.05) is 39.0 Å². The predicted molar refractivity (Wildman–Crippen MR) is 99.6 cm³/mol. The zero-order valence-corrected chi connectivity index (χ0v) is 15.7. The van der Waals surface area contributed by atoms with Crippen LogP contribution in [0.4, 0.5) is 0 Å². The summed E-state index contributed by atoms with van der Waals surface area (Å²) in [6.45, 7) is 8.66. The average Bonchev–Trinajstić information content (AvgIpc) is 2.63. The molecule has 1 heterocycles. The van der Waals surface area contributed by atoms with Gasteiger partial charge in [0.15, 0.2) is 5.96 Å². The van der Waals surface area contributed by atoms with Crippen LogP contribution >= 0.6 is 0 Å². The Balaban J connectivity index is 1.62. The van der Waals surface area contributed by atoms with Crippen LogP contribution < -0.4 is 10.6 Å². The molecule has 0 aromatic heterocycles. The Kier molecular flexibility index (Phi) is 9.51. The van der Waals surface area contributed by atoms with E-state index >= 15 is 0 Å². The second kappa shape index (κ2) is 11.7. The van der Waals surface area contributed by atoms with Crippen molar-refractivity contribution in [2.45, 2.75) is 77.4 Å². The minimum atomic E-state index is 0.392. The molecule has 2 fully saturated rings. The van der Waals surface area contributed by atoms with Gasteiger partial charge in [0.1, 0.15) is 0 Å². The van der Waals surface area contributed by atoms with Crippen molar-refractivity contribution in [1.82, 2.24) is 10.6 Å². The van der Waals surface area contributed by atoms with E-state index in [1.165, 1.54) is 32.1 Å². The van der Waals surface area contributed by atoms with Crippen LogP contribution in [0.5, 0.6) is 0 Å². The molecule has 1 aliphatic heterocycles. The Bertz CT molecular complexity index is 349. The second-order valence-electron chi connectivity index (χ2n) is 7.07. The van der Waals surface area contributed by atoms with Gasteiger partial charge < -0.3 is 20.1 Å². The van der Waals surface area contributed by atoms with E-state index in [4.69, 9.17) is 14.5 Å². The maximum Gasteiger partial charge on any atom is 0.191 e. The average molecular weight is 340 g/mol. The maximum atomic E-state index is 5.91. The van der Waals surface area contributed by atoms with Gasteiger partial charge in [-0.05, 0) is 57.8 Å². The number of guanidine groups is 1. The number of aliphatic imine (C=N–C) groups is 1. The van der Waals surface area contributed by atoms with Crippen molar-refractivity contribution in [1.29, 1.82) is 0 Å². The highest BCUT2D eigenvalue weighted by molar-refractivity contribution is 5.80. The molecule has 140 valence electrons. The van der Waals surface area contributed by atoms with Gasteiger partial charge in [0.2, 0.25) is 0 Å². The highest BCUT2D eigenvalue weighted by atomic mass is 16.5. The van der Waals surface area contributed by atoms with E-state index in [1.807, 2.05) is 0 Å². The Morgan fingerprint density at radius 3 is 2.50 bits per heavy atom. The van der Waals surface area contributed by atoms with Crippen molar-refractivity contribution < 1.29 is 9.47 Å². The highest BCUT2D eigenvalue weighted by Crippen LogP contribution is 2.26. The van der Waals surface area contributed by atoms with Gasteiger partial charge in [-0.2, -0.15) is 0 Å². The Morgan fingerprint density at radius 2 is 1.83 bits per heavy atom. The summed E-state index contributed by atoms with van der Waals surface area (Å²) in [5.41, 5.74) is 0. The van der Waals surface area contributed by atoms with E-state index in [1.54, 1.807) is 0 Å². The number of nitrogens with zero attached hydrogens (tertiary/aromatic N) is 1. The minimum absolute atomic E-state index is 0.392. The number of ether oxygens (including phenoxy) is 2. The largest absolute Gasteiger partial charge is 0.381 e. The summed E-state index contributed by atoms with van der Waals surface area (Å²) in [5, 5.41) is 7.00. The third-order valence-corrected chi connectivity index (χ3v) is 5.20. The van der Waals surface area contributed by atoms with E-state index in [-0.39, 0.29) is 0 Å². The van der Waals surface area contributed by atoms with Crippen LogP contribution in [-0.2, 0) is 9.47 Å². The number of hydrogen-bond acceptors (Lipinski definition) is 3. The molecular weight excluding hydrogens is 302 g/mol. The zero-order valence-electron chi connectivity index (χ0n) is 15.7. The lowest BCUT2D eigenvalue weighted by molar-refractivity contribution is -0.0318. The molecule has 0 amide bonds. The molecule has 1 saturated carbocycles. The van der Waals surface area contributed by atoms with Gasteiger partial charge in [-0.25, -0.2) is 0 Å². The normalized spacial score (nSPS) is 26.3. The topological polar surface area (TPSA) is 54.9 Å². The van der Waals surface area contributed by atoms with Gasteiger partial charge in [-0.3, -0.25) is 4.99 Å². The summed E-state index contributed by atoms with van der Waals surface area (Å²) in [6.07, 6.45) is 10.0. The monoisotopic (exact) mass is 339 g/mol. The number of hydrogen-bond donors (Lipinski definition) is 2. The van der Waals surface area contributed by atoms with Crippen LogP contribution in [0.1, 0.15) is 65.2 Å². The fourth-order valence-corrected chi connectivity index (χ4v) is 3.58. The molecule has 0 bridgehead atoms. The summed E-state index contributed by atoms with van der Waals surface area (Å²) in [6, 6.07) is 0.587. The van der Waals surface area contributed by atoms with Gasteiger partial charge in [-0.1, -0.05) is 13.3 Å². The van der Waals surface area contributed by atoms with Crippen LogP contribution in [0.3, 0.4) is 0 Å². The van der Waals surface area contributed by atoms with Crippen LogP contribution in [0.2, 0.25) is 0 Å².